The van der Waals surface area contributed by atoms with Crippen LogP contribution in [0.1, 0.15) is 16.7 Å². The number of rotatable bonds is 7. The third-order valence-electron chi connectivity index (χ3n) is 4.30. The van der Waals surface area contributed by atoms with Crippen LogP contribution in [0.5, 0.6) is 0 Å². The van der Waals surface area contributed by atoms with E-state index in [1.54, 1.807) is 25.4 Å². The van der Waals surface area contributed by atoms with E-state index >= 15 is 0 Å². The standard InChI is InChI=1S/C21H24FN5.HI/c1-23-21(24-13-11-17-7-9-20(22)10-8-17)25-15-18-5-2-3-6-19(18)16-27-14-4-12-26-27;/h2-10,12,14H,11,13,15-16H2,1H3,(H2,23,24,25);1H. The Morgan fingerprint density at radius 3 is 2.46 bits per heavy atom. The van der Waals surface area contributed by atoms with Crippen LogP contribution in [0.25, 0.3) is 0 Å². The van der Waals surface area contributed by atoms with E-state index in [4.69, 9.17) is 0 Å². The first-order valence-corrected chi connectivity index (χ1v) is 8.98. The normalized spacial score (nSPS) is 11.0. The van der Waals surface area contributed by atoms with Crippen LogP contribution in [0.15, 0.2) is 72.0 Å². The molecule has 5 nitrogen and oxygen atoms in total. The van der Waals surface area contributed by atoms with Crippen LogP contribution in [0.2, 0.25) is 0 Å². The van der Waals surface area contributed by atoms with Crippen molar-refractivity contribution in [3.05, 3.63) is 89.5 Å². The van der Waals surface area contributed by atoms with Gasteiger partial charge in [0.05, 0.1) is 6.54 Å². The first-order chi connectivity index (χ1) is 13.2. The van der Waals surface area contributed by atoms with E-state index in [9.17, 15) is 4.39 Å². The van der Waals surface area contributed by atoms with Crippen molar-refractivity contribution < 1.29 is 4.39 Å². The monoisotopic (exact) mass is 493 g/mol. The van der Waals surface area contributed by atoms with Gasteiger partial charge in [0.15, 0.2) is 5.96 Å². The maximum Gasteiger partial charge on any atom is 0.191 e. The topological polar surface area (TPSA) is 54.2 Å². The van der Waals surface area contributed by atoms with Gasteiger partial charge in [0.2, 0.25) is 0 Å². The molecule has 0 aliphatic rings. The molecule has 148 valence electrons. The van der Waals surface area contributed by atoms with E-state index in [1.807, 2.05) is 29.1 Å². The lowest BCUT2D eigenvalue weighted by molar-refractivity contribution is 0.626. The van der Waals surface area contributed by atoms with Crippen LogP contribution < -0.4 is 10.6 Å². The van der Waals surface area contributed by atoms with Gasteiger partial charge in [0, 0.05) is 32.5 Å². The predicted octanol–water partition coefficient (Wildman–Crippen LogP) is 3.60. The molecule has 7 heteroatoms. The highest BCUT2D eigenvalue weighted by molar-refractivity contribution is 14.0. The molecule has 0 bridgehead atoms. The van der Waals surface area contributed by atoms with Gasteiger partial charge in [-0.2, -0.15) is 5.10 Å². The second-order valence-electron chi connectivity index (χ2n) is 6.20. The van der Waals surface area contributed by atoms with E-state index < -0.39 is 0 Å². The van der Waals surface area contributed by atoms with E-state index in [0.717, 1.165) is 31.0 Å². The summed E-state index contributed by atoms with van der Waals surface area (Å²) in [4.78, 5) is 4.27. The van der Waals surface area contributed by atoms with Gasteiger partial charge in [-0.05, 0) is 41.3 Å². The first kappa shape index (κ1) is 21.9. The van der Waals surface area contributed by atoms with Crippen molar-refractivity contribution in [3.8, 4) is 0 Å². The van der Waals surface area contributed by atoms with Gasteiger partial charge in [-0.3, -0.25) is 9.67 Å². The molecule has 0 atom stereocenters. The molecule has 0 amide bonds. The highest BCUT2D eigenvalue weighted by Crippen LogP contribution is 2.10. The third-order valence-corrected chi connectivity index (χ3v) is 4.30. The number of aliphatic imine (C=N–C) groups is 1. The minimum atomic E-state index is -0.210. The summed E-state index contributed by atoms with van der Waals surface area (Å²) in [5.41, 5.74) is 3.51. The Kier molecular flexibility index (Phi) is 8.93. The molecule has 0 fully saturated rings. The molecule has 3 rings (SSSR count). The molecule has 1 aromatic heterocycles. The molecule has 2 N–H and O–H groups in total. The number of nitrogens with one attached hydrogen (secondary N) is 2. The van der Waals surface area contributed by atoms with Crippen LogP contribution in [-0.4, -0.2) is 29.3 Å². The van der Waals surface area contributed by atoms with Gasteiger partial charge in [-0.1, -0.05) is 36.4 Å². The predicted molar refractivity (Wildman–Crippen MR) is 121 cm³/mol. The molecule has 3 aromatic rings. The number of benzene rings is 2. The zero-order valence-electron chi connectivity index (χ0n) is 15.8. The van der Waals surface area contributed by atoms with Crippen molar-refractivity contribution in [1.82, 2.24) is 20.4 Å². The molecule has 0 radical (unpaired) electrons. The summed E-state index contributed by atoms with van der Waals surface area (Å²) in [6, 6.07) is 16.8. The molecule has 0 saturated heterocycles. The second-order valence-corrected chi connectivity index (χ2v) is 6.20. The maximum atomic E-state index is 13.0. The fourth-order valence-electron chi connectivity index (χ4n) is 2.83. The van der Waals surface area contributed by atoms with Crippen molar-refractivity contribution in [2.24, 2.45) is 4.99 Å². The van der Waals surface area contributed by atoms with Crippen LogP contribution >= 0.6 is 24.0 Å². The summed E-state index contributed by atoms with van der Waals surface area (Å²) < 4.78 is 14.9. The van der Waals surface area contributed by atoms with Gasteiger partial charge in [-0.15, -0.1) is 24.0 Å². The van der Waals surface area contributed by atoms with Gasteiger partial charge in [0.1, 0.15) is 5.82 Å². The number of halogens is 2. The van der Waals surface area contributed by atoms with Crippen molar-refractivity contribution in [3.63, 3.8) is 0 Å². The van der Waals surface area contributed by atoms with Crippen molar-refractivity contribution >= 4 is 29.9 Å². The SMILES string of the molecule is CN=C(NCCc1ccc(F)cc1)NCc1ccccc1Cn1cccn1.I. The molecule has 0 spiro atoms. The van der Waals surface area contributed by atoms with Crippen LogP contribution in [0, 0.1) is 5.82 Å². The molecule has 2 aromatic carbocycles. The molecule has 0 saturated carbocycles. The quantitative estimate of drug-likeness (QED) is 0.301. The second kappa shape index (κ2) is 11.4. The van der Waals surface area contributed by atoms with Gasteiger partial charge >= 0.3 is 0 Å². The van der Waals surface area contributed by atoms with Crippen molar-refractivity contribution in [1.29, 1.82) is 0 Å². The molecule has 0 aliphatic heterocycles. The fraction of sp³-hybridized carbons (Fsp3) is 0.238. The minimum Gasteiger partial charge on any atom is -0.356 e. The Morgan fingerprint density at radius 2 is 1.79 bits per heavy atom. The molecule has 1 heterocycles. The molecule has 0 unspecified atom stereocenters. The number of aromatic nitrogens is 2. The average molecular weight is 493 g/mol. The molecular weight excluding hydrogens is 468 g/mol. The van der Waals surface area contributed by atoms with E-state index in [0.29, 0.717) is 6.54 Å². The van der Waals surface area contributed by atoms with E-state index in [1.165, 1.54) is 23.3 Å². The highest BCUT2D eigenvalue weighted by atomic mass is 127. The maximum absolute atomic E-state index is 13.0. The highest BCUT2D eigenvalue weighted by Gasteiger charge is 2.05. The fourth-order valence-corrected chi connectivity index (χ4v) is 2.83. The number of nitrogens with zero attached hydrogens (tertiary/aromatic N) is 3. The molecule has 0 aliphatic carbocycles. The van der Waals surface area contributed by atoms with Gasteiger partial charge < -0.3 is 10.6 Å². The summed E-state index contributed by atoms with van der Waals surface area (Å²) in [6.07, 6.45) is 4.55. The van der Waals surface area contributed by atoms with E-state index in [2.05, 4.69) is 32.9 Å². The lowest BCUT2D eigenvalue weighted by Crippen LogP contribution is -2.38. The summed E-state index contributed by atoms with van der Waals surface area (Å²) in [7, 11) is 1.75. The van der Waals surface area contributed by atoms with E-state index in [-0.39, 0.29) is 29.8 Å². The van der Waals surface area contributed by atoms with Crippen LogP contribution in [0.3, 0.4) is 0 Å². The van der Waals surface area contributed by atoms with Gasteiger partial charge in [-0.25, -0.2) is 4.39 Å². The lowest BCUT2D eigenvalue weighted by atomic mass is 10.1. The summed E-state index contributed by atoms with van der Waals surface area (Å²) in [5, 5.41) is 10.9. The molecule has 28 heavy (non-hydrogen) atoms. The minimum absolute atomic E-state index is 0. The largest absolute Gasteiger partial charge is 0.356 e. The van der Waals surface area contributed by atoms with Gasteiger partial charge in [0.25, 0.3) is 0 Å². The van der Waals surface area contributed by atoms with Crippen LogP contribution in [-0.2, 0) is 19.5 Å². The zero-order valence-corrected chi connectivity index (χ0v) is 18.1. The van der Waals surface area contributed by atoms with Crippen LogP contribution in [0.4, 0.5) is 4.39 Å². The summed E-state index contributed by atoms with van der Waals surface area (Å²) in [5.74, 6) is 0.531. The Morgan fingerprint density at radius 1 is 1.04 bits per heavy atom. The number of guanidine groups is 1. The lowest BCUT2D eigenvalue weighted by Gasteiger charge is -2.14. The Labute approximate surface area is 182 Å². The number of hydrogen-bond donors (Lipinski definition) is 2. The summed E-state index contributed by atoms with van der Waals surface area (Å²) >= 11 is 0. The Hall–Kier alpha value is -2.42. The Balaban J connectivity index is 0.00000280. The first-order valence-electron chi connectivity index (χ1n) is 8.98. The van der Waals surface area contributed by atoms with Crippen molar-refractivity contribution in [2.45, 2.75) is 19.5 Å². The Bertz CT molecular complexity index is 863. The van der Waals surface area contributed by atoms with Crippen molar-refractivity contribution in [2.75, 3.05) is 13.6 Å². The zero-order chi connectivity index (χ0) is 18.9. The smallest absolute Gasteiger partial charge is 0.191 e. The number of hydrogen-bond acceptors (Lipinski definition) is 2. The third kappa shape index (κ3) is 6.63. The summed E-state index contributed by atoms with van der Waals surface area (Å²) in [6.45, 7) is 2.13. The average Bonchev–Trinajstić information content (AvgIpc) is 3.20. The molecular formula is C21H25FIN5.